The van der Waals surface area contributed by atoms with Gasteiger partial charge in [-0.25, -0.2) is 9.97 Å². The third-order valence-corrected chi connectivity index (χ3v) is 4.97. The molecule has 1 N–H and O–H groups in total. The first-order chi connectivity index (χ1) is 12.0. The standard InChI is InChI=1S/C20H21N3OS/c1-13(2)15-8-10-16(11-9-15)22-19(24)12-25-20-14(3)21-17-6-4-5-7-18(17)23-20/h4-11,13H,12H2,1-3H3,(H,22,24). The second-order valence-electron chi connectivity index (χ2n) is 6.22. The lowest BCUT2D eigenvalue weighted by Crippen LogP contribution is -2.14. The summed E-state index contributed by atoms with van der Waals surface area (Å²) in [5.41, 5.74) is 4.64. The molecule has 0 bridgehead atoms. The van der Waals surface area contributed by atoms with Crippen LogP contribution in [0.4, 0.5) is 5.69 Å². The van der Waals surface area contributed by atoms with Gasteiger partial charge in [0.25, 0.3) is 0 Å². The first-order valence-corrected chi connectivity index (χ1v) is 9.27. The summed E-state index contributed by atoms with van der Waals surface area (Å²) in [5, 5.41) is 3.72. The molecule has 3 rings (SSSR count). The van der Waals surface area contributed by atoms with Crippen molar-refractivity contribution in [3.63, 3.8) is 0 Å². The molecule has 1 heterocycles. The number of hydrogen-bond acceptors (Lipinski definition) is 4. The molecule has 25 heavy (non-hydrogen) atoms. The summed E-state index contributed by atoms with van der Waals surface area (Å²) in [6.07, 6.45) is 0. The van der Waals surface area contributed by atoms with Crippen molar-refractivity contribution in [2.75, 3.05) is 11.1 Å². The number of thioether (sulfide) groups is 1. The molecule has 0 unspecified atom stereocenters. The second-order valence-corrected chi connectivity index (χ2v) is 7.18. The van der Waals surface area contributed by atoms with E-state index >= 15 is 0 Å². The van der Waals surface area contributed by atoms with Crippen molar-refractivity contribution in [3.05, 3.63) is 59.8 Å². The first-order valence-electron chi connectivity index (χ1n) is 8.29. The Hall–Kier alpha value is -2.40. The van der Waals surface area contributed by atoms with E-state index in [1.54, 1.807) is 0 Å². The molecule has 5 heteroatoms. The molecule has 0 spiro atoms. The number of carbonyl (C=O) groups is 1. The van der Waals surface area contributed by atoms with Gasteiger partial charge in [-0.05, 0) is 42.7 Å². The number of rotatable bonds is 5. The number of benzene rings is 2. The highest BCUT2D eigenvalue weighted by molar-refractivity contribution is 8.00. The van der Waals surface area contributed by atoms with Crippen molar-refractivity contribution in [3.8, 4) is 0 Å². The number of anilines is 1. The molecule has 1 amide bonds. The van der Waals surface area contributed by atoms with E-state index in [9.17, 15) is 4.79 Å². The van der Waals surface area contributed by atoms with Gasteiger partial charge in [0.15, 0.2) is 0 Å². The van der Waals surface area contributed by atoms with Crippen molar-refractivity contribution in [2.45, 2.75) is 31.7 Å². The number of nitrogens with zero attached hydrogens (tertiary/aromatic N) is 2. The summed E-state index contributed by atoms with van der Waals surface area (Å²) in [5.74, 6) is 0.742. The van der Waals surface area contributed by atoms with Crippen molar-refractivity contribution in [2.24, 2.45) is 0 Å². The minimum absolute atomic E-state index is 0.0448. The van der Waals surface area contributed by atoms with Crippen LogP contribution in [0.2, 0.25) is 0 Å². The highest BCUT2D eigenvalue weighted by Crippen LogP contribution is 2.22. The van der Waals surface area contributed by atoms with Gasteiger partial charge in [-0.2, -0.15) is 0 Å². The van der Waals surface area contributed by atoms with Crippen molar-refractivity contribution in [1.82, 2.24) is 9.97 Å². The van der Waals surface area contributed by atoms with Gasteiger partial charge in [-0.15, -0.1) is 0 Å². The highest BCUT2D eigenvalue weighted by Gasteiger charge is 2.09. The molecule has 128 valence electrons. The molecule has 0 fully saturated rings. The molecular formula is C20H21N3OS. The third kappa shape index (κ3) is 4.37. The minimum atomic E-state index is -0.0448. The first kappa shape index (κ1) is 17.4. The van der Waals surface area contributed by atoms with Crippen LogP contribution >= 0.6 is 11.8 Å². The van der Waals surface area contributed by atoms with E-state index in [2.05, 4.69) is 29.1 Å². The van der Waals surface area contributed by atoms with Crippen LogP contribution in [0, 0.1) is 6.92 Å². The number of aryl methyl sites for hydroxylation is 1. The Balaban J connectivity index is 1.63. The molecule has 0 atom stereocenters. The number of carbonyl (C=O) groups excluding carboxylic acids is 1. The molecule has 4 nitrogen and oxygen atoms in total. The fourth-order valence-electron chi connectivity index (χ4n) is 2.49. The monoisotopic (exact) mass is 351 g/mol. The Morgan fingerprint density at radius 2 is 1.68 bits per heavy atom. The maximum absolute atomic E-state index is 12.2. The quantitative estimate of drug-likeness (QED) is 0.671. The maximum Gasteiger partial charge on any atom is 0.234 e. The minimum Gasteiger partial charge on any atom is -0.325 e. The molecule has 2 aromatic carbocycles. The van der Waals surface area contributed by atoms with Crippen LogP contribution in [-0.4, -0.2) is 21.6 Å². The molecule has 0 saturated carbocycles. The van der Waals surface area contributed by atoms with Gasteiger partial charge >= 0.3 is 0 Å². The molecule has 0 saturated heterocycles. The predicted octanol–water partition coefficient (Wildman–Crippen LogP) is 4.79. The molecular weight excluding hydrogens is 330 g/mol. The topological polar surface area (TPSA) is 54.9 Å². The summed E-state index contributed by atoms with van der Waals surface area (Å²) in [7, 11) is 0. The summed E-state index contributed by atoms with van der Waals surface area (Å²) in [4.78, 5) is 21.4. The largest absolute Gasteiger partial charge is 0.325 e. The average Bonchev–Trinajstić information content (AvgIpc) is 2.60. The van der Waals surface area contributed by atoms with Crippen LogP contribution in [-0.2, 0) is 4.79 Å². The van der Waals surface area contributed by atoms with Gasteiger partial charge in [-0.1, -0.05) is 49.9 Å². The summed E-state index contributed by atoms with van der Waals surface area (Å²) >= 11 is 1.41. The van der Waals surface area contributed by atoms with Gasteiger partial charge < -0.3 is 5.32 Å². The molecule has 0 aliphatic heterocycles. The van der Waals surface area contributed by atoms with Crippen LogP contribution in [0.25, 0.3) is 11.0 Å². The second kappa shape index (κ2) is 7.66. The number of hydrogen-bond donors (Lipinski definition) is 1. The smallest absolute Gasteiger partial charge is 0.234 e. The number of aromatic nitrogens is 2. The van der Waals surface area contributed by atoms with Gasteiger partial charge in [0.1, 0.15) is 5.03 Å². The molecule has 0 aliphatic carbocycles. The molecule has 0 radical (unpaired) electrons. The van der Waals surface area contributed by atoms with Crippen molar-refractivity contribution < 1.29 is 4.79 Å². The van der Waals surface area contributed by atoms with Gasteiger partial charge in [0.05, 0.1) is 22.5 Å². The van der Waals surface area contributed by atoms with E-state index in [0.29, 0.717) is 11.7 Å². The van der Waals surface area contributed by atoms with Gasteiger partial charge in [0.2, 0.25) is 5.91 Å². The molecule has 0 aliphatic rings. The lowest BCUT2D eigenvalue weighted by atomic mass is 10.0. The summed E-state index contributed by atoms with van der Waals surface area (Å²) in [6.45, 7) is 6.22. The van der Waals surface area contributed by atoms with Crippen LogP contribution in [0.15, 0.2) is 53.6 Å². The zero-order valence-corrected chi connectivity index (χ0v) is 15.4. The molecule has 1 aromatic heterocycles. The van der Waals surface area contributed by atoms with E-state index in [1.165, 1.54) is 17.3 Å². The Labute approximate surface area is 152 Å². The van der Waals surface area contributed by atoms with Gasteiger partial charge in [0, 0.05) is 5.69 Å². The Kier molecular flexibility index (Phi) is 5.34. The lowest BCUT2D eigenvalue weighted by Gasteiger charge is -2.09. The zero-order valence-electron chi connectivity index (χ0n) is 14.6. The number of para-hydroxylation sites is 2. The van der Waals surface area contributed by atoms with Crippen LogP contribution < -0.4 is 5.32 Å². The number of nitrogens with one attached hydrogen (secondary N) is 1. The average molecular weight is 351 g/mol. The fraction of sp³-hybridized carbons (Fsp3) is 0.250. The summed E-state index contributed by atoms with van der Waals surface area (Å²) in [6, 6.07) is 15.7. The lowest BCUT2D eigenvalue weighted by molar-refractivity contribution is -0.113. The van der Waals surface area contributed by atoms with E-state index < -0.39 is 0 Å². The molecule has 3 aromatic rings. The van der Waals surface area contributed by atoms with Crippen LogP contribution in [0.5, 0.6) is 0 Å². The third-order valence-electron chi connectivity index (χ3n) is 3.90. The maximum atomic E-state index is 12.2. The van der Waals surface area contributed by atoms with E-state index in [4.69, 9.17) is 0 Å². The van der Waals surface area contributed by atoms with Gasteiger partial charge in [-0.3, -0.25) is 4.79 Å². The number of amides is 1. The van der Waals surface area contributed by atoms with Crippen molar-refractivity contribution in [1.29, 1.82) is 0 Å². The predicted molar refractivity (Wildman–Crippen MR) is 104 cm³/mol. The Bertz CT molecular complexity index is 891. The highest BCUT2D eigenvalue weighted by atomic mass is 32.2. The zero-order chi connectivity index (χ0) is 17.8. The van der Waals surface area contributed by atoms with E-state index in [0.717, 1.165) is 27.4 Å². The van der Waals surface area contributed by atoms with Crippen LogP contribution in [0.1, 0.15) is 31.0 Å². The number of fused-ring (bicyclic) bond motifs is 1. The normalized spacial score (nSPS) is 11.0. The fourth-order valence-corrected chi connectivity index (χ4v) is 3.25. The van der Waals surface area contributed by atoms with Crippen LogP contribution in [0.3, 0.4) is 0 Å². The van der Waals surface area contributed by atoms with E-state index in [-0.39, 0.29) is 5.91 Å². The van der Waals surface area contributed by atoms with Crippen molar-refractivity contribution >= 4 is 34.4 Å². The van der Waals surface area contributed by atoms with E-state index in [1.807, 2.05) is 55.5 Å². The SMILES string of the molecule is Cc1nc2ccccc2nc1SCC(=O)Nc1ccc(C(C)C)cc1. The Morgan fingerprint density at radius 3 is 2.32 bits per heavy atom. The Morgan fingerprint density at radius 1 is 1.04 bits per heavy atom. The summed E-state index contributed by atoms with van der Waals surface area (Å²) < 4.78 is 0.